The lowest BCUT2D eigenvalue weighted by Gasteiger charge is -2.38. The lowest BCUT2D eigenvalue weighted by molar-refractivity contribution is -0.153. The van der Waals surface area contributed by atoms with Crippen molar-refractivity contribution in [2.45, 2.75) is 367 Å². The summed E-state index contributed by atoms with van der Waals surface area (Å²) in [5.41, 5.74) is 15.1. The number of amides is 15. The molecule has 9 aliphatic carbocycles. The molecule has 3 unspecified atom stereocenters. The Bertz CT molecular complexity index is 5070. The number of rotatable bonds is 38. The van der Waals surface area contributed by atoms with Gasteiger partial charge in [-0.3, -0.25) is 57.5 Å². The van der Waals surface area contributed by atoms with E-state index in [1.165, 1.54) is 14.7 Å². The van der Waals surface area contributed by atoms with E-state index < -0.39 is 206 Å². The first kappa shape index (κ1) is 113. The zero-order valence-electron chi connectivity index (χ0n) is 87.0. The number of Topliss-reactive ketones (excluding diaryl/α,β-unsaturated/α-hetero) is 3. The summed E-state index contributed by atoms with van der Waals surface area (Å²) in [7, 11) is 0. The summed E-state index contributed by atoms with van der Waals surface area (Å²) < 4.78 is 15.4. The molecule has 0 bridgehead atoms. The standard InChI is InChI=1S/C38H55N5O7.C37H53N5O7.C32H49Cl2N5O7/c1-37(2,3)31(42-36(49)41-28(24-17-10-7-11-18-24)35(48)50-21-23-13-8-6-9-14-23)34(47)43-20-25-27(38(25,4)5)29(43)33(46)40-26(30(44)32(39)45)19-22-15-12-16-22;1-36(2,3)30(41-35(48)40-27(23-16-9-10-17-23)34(47)49-20-22-12-7-6-8-13-22)33(46)42-19-24-26(37(24,4)5)28(42)32(45)39-25(29(43)31(38)44)18-21-14-11-15-21;1-16(2)46-29(44)25(31(3,4)5)38-30(45)37-22(18-12-7-6-8-13-18)28(43)39-15-19-21(32(19,33)34)23(39)27(42)36-20(24(40)26(35)41)14-17-10-9-11-17/h6,8-9,13-14,22,24-29,31H,7,10-12,15-21H2,1-5H3,(H2,39,45)(H,40,46)(H2,41,42,49);6-8,12-13,21,23-28,30H,9-11,14-20H2,1-5H3,(H2,38,44)(H,39,45)(H2,40,41,48);16-23,25H,6-15H2,1-5H3,(H2,35,41)(H,36,42)(H2,37,38,45)/t25-,26?,27-,28-,29-,31+;24-,25?,26-,27-,28-,30+;19-,20?,21-,22-,23-,25+/m000/s1. The van der Waals surface area contributed by atoms with Gasteiger partial charge in [0, 0.05) is 31.5 Å². The summed E-state index contributed by atoms with van der Waals surface area (Å²) in [6, 6.07) is 4.71. The number of fused-ring (bicyclic) bond motifs is 3. The smallest absolute Gasteiger partial charge is 0.329 e. The van der Waals surface area contributed by atoms with E-state index in [1.54, 1.807) is 34.6 Å². The molecule has 800 valence electrons. The van der Waals surface area contributed by atoms with Gasteiger partial charge in [-0.05, 0) is 169 Å². The van der Waals surface area contributed by atoms with E-state index in [0.29, 0.717) is 38.8 Å². The number of nitrogens with two attached hydrogens (primary N) is 3. The van der Waals surface area contributed by atoms with E-state index in [2.05, 4.69) is 75.5 Å². The molecule has 18 atom stereocenters. The number of hydrogen-bond acceptors (Lipinski definition) is 21. The number of likely N-dealkylation sites (tertiary alicyclic amines) is 3. The number of alkyl halides is 2. The van der Waals surface area contributed by atoms with Crippen LogP contribution in [-0.4, -0.2) is 224 Å². The fraction of sp³-hybridized carbons (Fsp3) is 0.720. The van der Waals surface area contributed by atoms with Gasteiger partial charge in [0.05, 0.1) is 24.2 Å². The zero-order chi connectivity index (χ0) is 106. The van der Waals surface area contributed by atoms with Gasteiger partial charge in [0.15, 0.2) is 0 Å². The van der Waals surface area contributed by atoms with Crippen molar-refractivity contribution in [3.8, 4) is 0 Å². The van der Waals surface area contributed by atoms with E-state index in [1.807, 2.05) is 102 Å². The SMILES string of the molecule is CC(C)(C)[C@H](NC(=O)N[C@H](C(=O)OCc1ccccc1)C1CCCC1)C(=O)N1C[C@H]2[C@@H]([C@H]1C(=O)NC(CC1CCC1)C(=O)C(N)=O)C2(C)C.CC(C)(C)[C@H](NC(=O)N[C@H](C(=O)OCc1ccccc1)C1CCCCC1)C(=O)N1C[C@H]2[C@@H]([C@H]1C(=O)NC(CC1CCC1)C(=O)C(N)=O)C2(C)C.CC(C)OC(=O)[C@@H](NC(=O)N[C@H](C(=O)N1C[C@H]2[C@@H]([C@H]1C(=O)NC(CC1CCC1)C(=O)C(N)=O)C2(Cl)Cl)C1CCCCC1)C(C)(C)C. The number of nitrogens with one attached hydrogen (secondary N) is 9. The Morgan fingerprint density at radius 2 is 0.648 bits per heavy atom. The average Bonchev–Trinajstić information content (AvgIpc) is 1.53. The molecule has 36 nitrogen and oxygen atoms in total. The van der Waals surface area contributed by atoms with E-state index in [0.717, 1.165) is 146 Å². The van der Waals surface area contributed by atoms with Gasteiger partial charge in [0.2, 0.25) is 52.8 Å². The number of urea groups is 3. The van der Waals surface area contributed by atoms with Crippen LogP contribution in [0.1, 0.15) is 282 Å². The molecule has 2 aromatic carbocycles. The number of carbonyl (C=O) groups excluding carboxylic acids is 18. The molecule has 15 N–H and O–H groups in total. The van der Waals surface area contributed by atoms with Crippen LogP contribution in [0.15, 0.2) is 60.7 Å². The van der Waals surface area contributed by atoms with Gasteiger partial charge in [-0.25, -0.2) is 28.8 Å². The largest absolute Gasteiger partial charge is 0.461 e. The predicted molar refractivity (Wildman–Crippen MR) is 539 cm³/mol. The van der Waals surface area contributed by atoms with Crippen LogP contribution in [0.5, 0.6) is 0 Å². The van der Waals surface area contributed by atoms with Crippen LogP contribution < -0.4 is 65.1 Å². The number of nitrogens with zero attached hydrogens (tertiary/aromatic N) is 3. The molecule has 3 heterocycles. The van der Waals surface area contributed by atoms with Crippen LogP contribution in [0.25, 0.3) is 0 Å². The predicted octanol–water partition coefficient (Wildman–Crippen LogP) is 9.78. The normalized spacial score (nSPS) is 25.3. The summed E-state index contributed by atoms with van der Waals surface area (Å²) in [4.78, 5) is 244. The van der Waals surface area contributed by atoms with Crippen molar-refractivity contribution in [2.75, 3.05) is 19.6 Å². The number of hydrogen-bond donors (Lipinski definition) is 12. The second kappa shape index (κ2) is 47.3. The van der Waals surface area contributed by atoms with Crippen LogP contribution in [0.3, 0.4) is 0 Å². The minimum Gasteiger partial charge on any atom is -0.461 e. The first-order chi connectivity index (χ1) is 68.1. The van der Waals surface area contributed by atoms with Crippen molar-refractivity contribution >= 4 is 130 Å². The molecule has 9 saturated carbocycles. The summed E-state index contributed by atoms with van der Waals surface area (Å²) >= 11 is 13.1. The maximum Gasteiger partial charge on any atom is 0.329 e. The minimum absolute atomic E-state index is 0.0589. The molecule has 3 saturated heterocycles. The van der Waals surface area contributed by atoms with E-state index in [4.69, 9.17) is 54.6 Å². The molecule has 12 fully saturated rings. The molecule has 14 rings (SSSR count). The molecule has 145 heavy (non-hydrogen) atoms. The van der Waals surface area contributed by atoms with Gasteiger partial charge in [-0.2, -0.15) is 0 Å². The number of benzene rings is 2. The van der Waals surface area contributed by atoms with Crippen molar-refractivity contribution in [1.29, 1.82) is 0 Å². The van der Waals surface area contributed by atoms with Crippen molar-refractivity contribution in [2.24, 2.45) is 115 Å². The molecule has 12 aliphatic rings. The van der Waals surface area contributed by atoms with Crippen LogP contribution in [-0.2, 0) is 99.3 Å². The van der Waals surface area contributed by atoms with Crippen LogP contribution in [0, 0.1) is 98.1 Å². The van der Waals surface area contributed by atoms with E-state index >= 15 is 0 Å². The summed E-state index contributed by atoms with van der Waals surface area (Å²) in [5.74, 6) is -11.4. The Hall–Kier alpha value is -10.5. The van der Waals surface area contributed by atoms with Gasteiger partial charge in [-0.15, -0.1) is 23.2 Å². The van der Waals surface area contributed by atoms with Crippen molar-refractivity contribution in [3.63, 3.8) is 0 Å². The van der Waals surface area contributed by atoms with E-state index in [-0.39, 0.29) is 108 Å². The maximum absolute atomic E-state index is 14.4. The monoisotopic (exact) mass is 2060 g/mol. The number of carbonyl (C=O) groups is 18. The van der Waals surface area contributed by atoms with Gasteiger partial charge < -0.3 is 94.0 Å². The molecule has 2 aromatic rings. The highest BCUT2D eigenvalue weighted by molar-refractivity contribution is 6.51. The highest BCUT2D eigenvalue weighted by Crippen LogP contribution is 2.68. The second-order valence-electron chi connectivity index (χ2n) is 47.7. The molecule has 15 amide bonds. The number of esters is 3. The molecular weight excluding hydrogens is 1900 g/mol. The topological polar surface area (TPSA) is 531 Å². The Morgan fingerprint density at radius 1 is 0.359 bits per heavy atom. The molecular formula is C107H157Cl2N15O21. The van der Waals surface area contributed by atoms with Crippen LogP contribution in [0.2, 0.25) is 0 Å². The summed E-state index contributed by atoms with van der Waals surface area (Å²) in [6.45, 7) is 28.9. The Labute approximate surface area is 861 Å². The number of ketones is 3. The number of ether oxygens (including phenoxy) is 3. The third-order valence-corrected chi connectivity index (χ3v) is 34.2. The van der Waals surface area contributed by atoms with E-state index in [9.17, 15) is 86.3 Å². The summed E-state index contributed by atoms with van der Waals surface area (Å²) in [6.07, 6.45) is 21.1. The molecule has 3 aliphatic heterocycles. The fourth-order valence-electron chi connectivity index (χ4n) is 23.6. The molecule has 38 heteroatoms. The second-order valence-corrected chi connectivity index (χ2v) is 49.1. The lowest BCUT2D eigenvalue weighted by Crippen LogP contribution is -2.62. The Balaban J connectivity index is 0.000000194. The average molecular weight is 2060 g/mol. The third kappa shape index (κ3) is 27.7. The molecule has 0 radical (unpaired) electrons. The summed E-state index contributed by atoms with van der Waals surface area (Å²) in [5, 5.41) is 25.2. The van der Waals surface area contributed by atoms with Crippen molar-refractivity contribution in [1.82, 2.24) is 62.6 Å². The number of halogens is 2. The minimum atomic E-state index is -1.24. The molecule has 0 spiro atoms. The van der Waals surface area contributed by atoms with Crippen molar-refractivity contribution in [3.05, 3.63) is 71.8 Å². The quantitative estimate of drug-likeness (QED) is 0.0129. The first-order valence-corrected chi connectivity index (χ1v) is 53.4. The van der Waals surface area contributed by atoms with Gasteiger partial charge >= 0.3 is 36.0 Å². The maximum atomic E-state index is 14.4. The number of primary amides is 3. The first-order valence-electron chi connectivity index (χ1n) is 52.7. The molecule has 0 aromatic heterocycles. The van der Waals surface area contributed by atoms with Crippen LogP contribution in [0.4, 0.5) is 14.4 Å². The van der Waals surface area contributed by atoms with Crippen molar-refractivity contribution < 1.29 is 101 Å². The Morgan fingerprint density at radius 3 is 0.952 bits per heavy atom. The van der Waals surface area contributed by atoms with Crippen LogP contribution >= 0.6 is 23.2 Å². The number of piperidine rings is 3. The lowest BCUT2D eigenvalue weighted by atomic mass is 9.80. The third-order valence-electron chi connectivity index (χ3n) is 33.1. The Kier molecular flexibility index (Phi) is 37.0. The van der Waals surface area contributed by atoms with Gasteiger partial charge in [-0.1, -0.05) is 260 Å². The van der Waals surface area contributed by atoms with Gasteiger partial charge in [0.1, 0.15) is 71.9 Å². The van der Waals surface area contributed by atoms with Gasteiger partial charge in [0.25, 0.3) is 17.7 Å². The highest BCUT2D eigenvalue weighted by atomic mass is 35.5. The zero-order valence-corrected chi connectivity index (χ0v) is 88.5. The highest BCUT2D eigenvalue weighted by Gasteiger charge is 2.75. The fourth-order valence-corrected chi connectivity index (χ4v) is 24.4.